The predicted octanol–water partition coefficient (Wildman–Crippen LogP) is 6.17. The third kappa shape index (κ3) is 4.26. The van der Waals surface area contributed by atoms with Crippen molar-refractivity contribution >= 4 is 33.9 Å². The van der Waals surface area contributed by atoms with Crippen LogP contribution in [0.5, 0.6) is 0 Å². The van der Waals surface area contributed by atoms with Gasteiger partial charge in [-0.3, -0.25) is 0 Å². The zero-order valence-electron chi connectivity index (χ0n) is 14.7. The lowest BCUT2D eigenvalue weighted by Gasteiger charge is -2.10. The normalized spacial score (nSPS) is 10.6. The number of nitrogens with one attached hydrogen (secondary N) is 1. The highest BCUT2D eigenvalue weighted by atomic mass is 35.5. The second-order valence-corrected chi connectivity index (χ2v) is 7.24. The molecule has 3 rings (SSSR count). The Morgan fingerprint density at radius 3 is 2.46 bits per heavy atom. The van der Waals surface area contributed by atoms with Gasteiger partial charge in [0.1, 0.15) is 10.6 Å². The molecule has 0 spiro atoms. The van der Waals surface area contributed by atoms with Gasteiger partial charge in [0.15, 0.2) is 0 Å². The Labute approximate surface area is 162 Å². The lowest BCUT2D eigenvalue weighted by Crippen LogP contribution is -2.09. The van der Waals surface area contributed by atoms with Gasteiger partial charge in [0.05, 0.1) is 6.61 Å². The topological polar surface area (TPSA) is 38.3 Å². The molecule has 1 heterocycles. The molecule has 0 saturated carbocycles. The van der Waals surface area contributed by atoms with Crippen molar-refractivity contribution in [1.29, 1.82) is 0 Å². The first-order valence-corrected chi connectivity index (χ1v) is 9.68. The van der Waals surface area contributed by atoms with E-state index in [4.69, 9.17) is 16.3 Å². The van der Waals surface area contributed by atoms with E-state index in [-0.39, 0.29) is 5.97 Å². The summed E-state index contributed by atoms with van der Waals surface area (Å²) in [6.45, 7) is 4.81. The molecule has 0 saturated heterocycles. The van der Waals surface area contributed by atoms with Gasteiger partial charge in [0.2, 0.25) is 0 Å². The lowest BCUT2D eigenvalue weighted by atomic mass is 10.0. The van der Waals surface area contributed by atoms with Gasteiger partial charge < -0.3 is 10.1 Å². The third-order valence-corrected chi connectivity index (χ3v) is 5.19. The molecule has 2 aromatic carbocycles. The maximum Gasteiger partial charge on any atom is 0.341 e. The monoisotopic (exact) mass is 385 g/mol. The highest BCUT2D eigenvalue weighted by Crippen LogP contribution is 2.36. The van der Waals surface area contributed by atoms with E-state index in [0.717, 1.165) is 21.7 Å². The van der Waals surface area contributed by atoms with E-state index in [1.165, 1.54) is 16.9 Å². The summed E-state index contributed by atoms with van der Waals surface area (Å²) in [7, 11) is 0. The van der Waals surface area contributed by atoms with Gasteiger partial charge in [-0.2, -0.15) is 0 Å². The molecule has 0 aliphatic carbocycles. The Morgan fingerprint density at radius 2 is 1.81 bits per heavy atom. The number of hydrogen-bond acceptors (Lipinski definition) is 4. The quantitative estimate of drug-likeness (QED) is 0.516. The fourth-order valence-electron chi connectivity index (χ4n) is 2.62. The molecular formula is C21H20ClNO2S. The van der Waals surface area contributed by atoms with Crippen LogP contribution >= 0.6 is 22.9 Å². The molecule has 1 aromatic heterocycles. The van der Waals surface area contributed by atoms with E-state index in [1.807, 2.05) is 67.8 Å². The SMILES string of the molecule is CCOC(=O)c1c(-c2ccc(C)cc2)csc1NCc1ccc(Cl)cc1. The van der Waals surface area contributed by atoms with Gasteiger partial charge in [0, 0.05) is 22.5 Å². The smallest absolute Gasteiger partial charge is 0.341 e. The number of ether oxygens (including phenoxy) is 1. The fraction of sp³-hybridized carbons (Fsp3) is 0.190. The van der Waals surface area contributed by atoms with Crippen molar-refractivity contribution in [1.82, 2.24) is 0 Å². The maximum absolute atomic E-state index is 12.6. The molecule has 134 valence electrons. The number of benzene rings is 2. The Bertz CT molecular complexity index is 885. The minimum atomic E-state index is -0.303. The summed E-state index contributed by atoms with van der Waals surface area (Å²) in [4.78, 5) is 12.6. The van der Waals surface area contributed by atoms with Gasteiger partial charge in [-0.05, 0) is 37.1 Å². The fourth-order valence-corrected chi connectivity index (χ4v) is 3.71. The molecule has 0 bridgehead atoms. The highest BCUT2D eigenvalue weighted by Gasteiger charge is 2.21. The first-order valence-electron chi connectivity index (χ1n) is 8.42. The molecule has 0 atom stereocenters. The van der Waals surface area contributed by atoms with Gasteiger partial charge in [-0.15, -0.1) is 11.3 Å². The molecule has 0 aliphatic rings. The molecule has 0 aliphatic heterocycles. The van der Waals surface area contributed by atoms with Crippen LogP contribution in [0, 0.1) is 6.92 Å². The number of aryl methyl sites for hydroxylation is 1. The second-order valence-electron chi connectivity index (χ2n) is 5.92. The highest BCUT2D eigenvalue weighted by molar-refractivity contribution is 7.15. The summed E-state index contributed by atoms with van der Waals surface area (Å²) in [5, 5.41) is 6.89. The van der Waals surface area contributed by atoms with Crippen molar-refractivity contribution < 1.29 is 9.53 Å². The van der Waals surface area contributed by atoms with Crippen molar-refractivity contribution in [2.45, 2.75) is 20.4 Å². The van der Waals surface area contributed by atoms with Gasteiger partial charge in [0.25, 0.3) is 0 Å². The van der Waals surface area contributed by atoms with Crippen LogP contribution in [0.25, 0.3) is 11.1 Å². The van der Waals surface area contributed by atoms with E-state index in [2.05, 4.69) is 5.32 Å². The summed E-state index contributed by atoms with van der Waals surface area (Å²) < 4.78 is 5.29. The Kier molecular flexibility index (Phi) is 5.96. The van der Waals surface area contributed by atoms with Gasteiger partial charge in [-0.25, -0.2) is 4.79 Å². The summed E-state index contributed by atoms with van der Waals surface area (Å²) in [5.74, 6) is -0.303. The number of rotatable bonds is 6. The Balaban J connectivity index is 1.90. The van der Waals surface area contributed by atoms with Crippen molar-refractivity contribution in [2.24, 2.45) is 0 Å². The van der Waals surface area contributed by atoms with Crippen molar-refractivity contribution in [3.05, 3.63) is 75.6 Å². The molecule has 5 heteroatoms. The number of halogens is 1. The minimum Gasteiger partial charge on any atom is -0.462 e. The maximum atomic E-state index is 12.6. The molecule has 3 nitrogen and oxygen atoms in total. The van der Waals surface area contributed by atoms with Crippen LogP contribution in [-0.2, 0) is 11.3 Å². The average Bonchev–Trinajstić information content (AvgIpc) is 3.06. The zero-order valence-corrected chi connectivity index (χ0v) is 16.3. The van der Waals surface area contributed by atoms with Gasteiger partial charge >= 0.3 is 5.97 Å². The molecule has 1 N–H and O–H groups in total. The van der Waals surface area contributed by atoms with Crippen molar-refractivity contribution in [3.63, 3.8) is 0 Å². The van der Waals surface area contributed by atoms with E-state index in [1.54, 1.807) is 0 Å². The Hall–Kier alpha value is -2.30. The van der Waals surface area contributed by atoms with E-state index in [0.29, 0.717) is 23.7 Å². The molecule has 26 heavy (non-hydrogen) atoms. The molecule has 3 aromatic rings. The van der Waals surface area contributed by atoms with Crippen LogP contribution in [0.15, 0.2) is 53.9 Å². The Morgan fingerprint density at radius 1 is 1.12 bits per heavy atom. The summed E-state index contributed by atoms with van der Waals surface area (Å²) in [6, 6.07) is 15.8. The predicted molar refractivity (Wildman–Crippen MR) is 109 cm³/mol. The molecule has 0 unspecified atom stereocenters. The summed E-state index contributed by atoms with van der Waals surface area (Å²) in [5.41, 5.74) is 4.77. The van der Waals surface area contributed by atoms with E-state index < -0.39 is 0 Å². The largest absolute Gasteiger partial charge is 0.462 e. The molecular weight excluding hydrogens is 366 g/mol. The number of carbonyl (C=O) groups excluding carboxylic acids is 1. The van der Waals surface area contributed by atoms with Crippen LogP contribution in [0.3, 0.4) is 0 Å². The number of esters is 1. The average molecular weight is 386 g/mol. The lowest BCUT2D eigenvalue weighted by molar-refractivity contribution is 0.0529. The van der Waals surface area contributed by atoms with E-state index >= 15 is 0 Å². The van der Waals surface area contributed by atoms with Crippen LogP contribution in [0.1, 0.15) is 28.4 Å². The zero-order chi connectivity index (χ0) is 18.5. The molecule has 0 radical (unpaired) electrons. The van der Waals surface area contributed by atoms with Crippen LogP contribution in [-0.4, -0.2) is 12.6 Å². The van der Waals surface area contributed by atoms with E-state index in [9.17, 15) is 4.79 Å². The summed E-state index contributed by atoms with van der Waals surface area (Å²) >= 11 is 7.45. The standard InChI is InChI=1S/C21H20ClNO2S/c1-3-25-21(24)19-18(16-8-4-14(2)5-9-16)13-26-20(19)23-12-15-6-10-17(22)11-7-15/h4-11,13,23H,3,12H2,1-2H3. The van der Waals surface area contributed by atoms with Crippen LogP contribution in [0.4, 0.5) is 5.00 Å². The molecule has 0 amide bonds. The first kappa shape index (κ1) is 18.5. The second kappa shape index (κ2) is 8.39. The molecule has 0 fully saturated rings. The van der Waals surface area contributed by atoms with Crippen molar-refractivity contribution in [2.75, 3.05) is 11.9 Å². The number of anilines is 1. The van der Waals surface area contributed by atoms with Crippen LogP contribution in [0.2, 0.25) is 5.02 Å². The number of thiophene rings is 1. The summed E-state index contributed by atoms with van der Waals surface area (Å²) in [6.07, 6.45) is 0. The minimum absolute atomic E-state index is 0.303. The van der Waals surface area contributed by atoms with Crippen molar-refractivity contribution in [3.8, 4) is 11.1 Å². The number of hydrogen-bond donors (Lipinski definition) is 1. The van der Waals surface area contributed by atoms with Gasteiger partial charge in [-0.1, -0.05) is 53.6 Å². The van der Waals surface area contributed by atoms with Crippen LogP contribution < -0.4 is 5.32 Å². The third-order valence-electron chi connectivity index (χ3n) is 4.00. The number of carbonyl (C=O) groups is 1. The first-order chi connectivity index (χ1) is 12.6.